The highest BCUT2D eigenvalue weighted by molar-refractivity contribution is 7.86. The van der Waals surface area contributed by atoms with Crippen molar-refractivity contribution in [1.82, 2.24) is 0 Å². The van der Waals surface area contributed by atoms with E-state index in [1.165, 1.54) is 0 Å². The number of carbonyl (C=O) groups is 1. The first-order chi connectivity index (χ1) is 9.48. The Kier molecular flexibility index (Phi) is 4.32. The van der Waals surface area contributed by atoms with Crippen LogP contribution in [0, 0.1) is 0 Å². The van der Waals surface area contributed by atoms with E-state index in [9.17, 15) is 17.8 Å². The number of benzene rings is 2. The largest absolute Gasteiger partial charge is 0.294 e. The van der Waals surface area contributed by atoms with Gasteiger partial charge in [0.05, 0.1) is 0 Å². The minimum absolute atomic E-state index is 0.285. The van der Waals surface area contributed by atoms with E-state index in [4.69, 9.17) is 0 Å². The predicted molar refractivity (Wildman–Crippen MR) is 76.1 cm³/mol. The van der Waals surface area contributed by atoms with Crippen LogP contribution in [0.4, 0.5) is 0 Å². The number of Topliss-reactive ketones (excluding diaryl/α,β-unsaturated/α-hetero) is 1. The van der Waals surface area contributed by atoms with E-state index < -0.39 is 15.4 Å². The zero-order valence-electron chi connectivity index (χ0n) is 10.6. The molecular weight excluding hydrogens is 276 g/mol. The second-order valence-electron chi connectivity index (χ2n) is 4.41. The van der Waals surface area contributed by atoms with Gasteiger partial charge in [-0.25, -0.2) is 0 Å². The molecule has 0 fully saturated rings. The summed E-state index contributed by atoms with van der Waals surface area (Å²) in [6, 6.07) is 16.7. The molecule has 0 bridgehead atoms. The van der Waals surface area contributed by atoms with Gasteiger partial charge < -0.3 is 0 Å². The zero-order chi connectivity index (χ0) is 14.6. The van der Waals surface area contributed by atoms with Gasteiger partial charge in [-0.05, 0) is 5.56 Å². The smallest absolute Gasteiger partial charge is 0.272 e. The summed E-state index contributed by atoms with van der Waals surface area (Å²) in [4.78, 5) is 12.1. The Morgan fingerprint density at radius 2 is 1.45 bits per heavy atom. The van der Waals surface area contributed by atoms with Crippen molar-refractivity contribution >= 4 is 15.9 Å². The average Bonchev–Trinajstić information content (AvgIpc) is 2.45. The highest BCUT2D eigenvalue weighted by Crippen LogP contribution is 2.26. The Morgan fingerprint density at radius 1 is 0.950 bits per heavy atom. The third-order valence-electron chi connectivity index (χ3n) is 3.00. The molecule has 0 aliphatic rings. The molecule has 104 valence electrons. The average molecular weight is 290 g/mol. The number of ketones is 1. The Morgan fingerprint density at radius 3 is 1.95 bits per heavy atom. The second kappa shape index (κ2) is 5.98. The van der Waals surface area contributed by atoms with Gasteiger partial charge in [0.25, 0.3) is 10.1 Å². The number of carbonyl (C=O) groups excluding carboxylic acids is 1. The summed E-state index contributed by atoms with van der Waals surface area (Å²) in [6.07, 6.45) is -0.285. The van der Waals surface area contributed by atoms with Crippen LogP contribution in [0.5, 0.6) is 0 Å². The topological polar surface area (TPSA) is 71.4 Å². The molecule has 0 spiro atoms. The summed E-state index contributed by atoms with van der Waals surface area (Å²) in [5, 5.41) is -1.24. The molecule has 2 aromatic carbocycles. The van der Waals surface area contributed by atoms with Gasteiger partial charge >= 0.3 is 0 Å². The molecule has 2 aromatic rings. The fourth-order valence-electron chi connectivity index (χ4n) is 1.97. The molecular formula is C15H14O4S. The van der Waals surface area contributed by atoms with Crippen LogP contribution >= 0.6 is 0 Å². The Balaban J connectivity index is 2.29. The molecule has 20 heavy (non-hydrogen) atoms. The lowest BCUT2D eigenvalue weighted by atomic mass is 10.0. The highest BCUT2D eigenvalue weighted by atomic mass is 32.2. The molecule has 4 nitrogen and oxygen atoms in total. The molecule has 0 saturated heterocycles. The molecule has 0 saturated carbocycles. The summed E-state index contributed by atoms with van der Waals surface area (Å²) >= 11 is 0. The minimum atomic E-state index is -4.34. The van der Waals surface area contributed by atoms with Crippen molar-refractivity contribution in [3.8, 4) is 0 Å². The normalized spacial score (nSPS) is 12.8. The zero-order valence-corrected chi connectivity index (χ0v) is 11.5. The van der Waals surface area contributed by atoms with E-state index >= 15 is 0 Å². The van der Waals surface area contributed by atoms with Crippen LogP contribution < -0.4 is 0 Å². The lowest BCUT2D eigenvalue weighted by molar-refractivity contribution is 0.0979. The van der Waals surface area contributed by atoms with Gasteiger partial charge in [-0.2, -0.15) is 8.42 Å². The molecule has 0 aliphatic heterocycles. The van der Waals surface area contributed by atoms with Crippen LogP contribution in [0.15, 0.2) is 60.7 Å². The van der Waals surface area contributed by atoms with Gasteiger partial charge in [-0.3, -0.25) is 9.35 Å². The minimum Gasteiger partial charge on any atom is -0.294 e. The maximum absolute atomic E-state index is 12.1. The molecule has 1 N–H and O–H groups in total. The summed E-state index contributed by atoms with van der Waals surface area (Å²) in [5.41, 5.74) is 0.830. The van der Waals surface area contributed by atoms with E-state index in [0.29, 0.717) is 11.1 Å². The summed E-state index contributed by atoms with van der Waals surface area (Å²) in [5.74, 6) is -0.322. The first kappa shape index (κ1) is 14.4. The Hall–Kier alpha value is -1.98. The molecule has 5 heteroatoms. The Bertz CT molecular complexity index is 678. The van der Waals surface area contributed by atoms with Crippen LogP contribution in [-0.4, -0.2) is 18.8 Å². The first-order valence-electron chi connectivity index (χ1n) is 6.08. The van der Waals surface area contributed by atoms with Gasteiger partial charge in [-0.1, -0.05) is 60.7 Å². The van der Waals surface area contributed by atoms with Crippen molar-refractivity contribution in [3.63, 3.8) is 0 Å². The maximum atomic E-state index is 12.1. The molecule has 0 unspecified atom stereocenters. The molecule has 2 rings (SSSR count). The van der Waals surface area contributed by atoms with E-state index in [-0.39, 0.29) is 12.2 Å². The van der Waals surface area contributed by atoms with Crippen molar-refractivity contribution in [2.45, 2.75) is 11.7 Å². The van der Waals surface area contributed by atoms with Crippen LogP contribution in [0.2, 0.25) is 0 Å². The number of hydrogen-bond acceptors (Lipinski definition) is 3. The molecule has 0 radical (unpaired) electrons. The summed E-state index contributed by atoms with van der Waals surface area (Å²) in [7, 11) is -4.34. The fraction of sp³-hybridized carbons (Fsp3) is 0.133. The van der Waals surface area contributed by atoms with E-state index in [2.05, 4.69) is 0 Å². The van der Waals surface area contributed by atoms with Crippen molar-refractivity contribution in [2.24, 2.45) is 0 Å². The number of hydrogen-bond donors (Lipinski definition) is 1. The monoisotopic (exact) mass is 290 g/mol. The molecule has 0 aliphatic carbocycles. The van der Waals surface area contributed by atoms with Crippen LogP contribution in [0.1, 0.15) is 27.6 Å². The number of rotatable bonds is 5. The molecule has 0 aromatic heterocycles. The lowest BCUT2D eigenvalue weighted by Gasteiger charge is -2.13. The third-order valence-corrected chi connectivity index (χ3v) is 4.16. The highest BCUT2D eigenvalue weighted by Gasteiger charge is 2.28. The van der Waals surface area contributed by atoms with Crippen molar-refractivity contribution in [3.05, 3.63) is 71.8 Å². The maximum Gasteiger partial charge on any atom is 0.272 e. The van der Waals surface area contributed by atoms with Crippen molar-refractivity contribution in [2.75, 3.05) is 0 Å². The third kappa shape index (κ3) is 3.53. The SMILES string of the molecule is O=C(C[C@@H](c1ccccc1)S(=O)(=O)O)c1ccccc1. The van der Waals surface area contributed by atoms with Gasteiger partial charge in [0.1, 0.15) is 5.25 Å². The first-order valence-corrected chi connectivity index (χ1v) is 7.58. The van der Waals surface area contributed by atoms with Crippen LogP contribution in [0.25, 0.3) is 0 Å². The van der Waals surface area contributed by atoms with E-state index in [1.807, 2.05) is 0 Å². The quantitative estimate of drug-likeness (QED) is 0.679. The Labute approximate surface area is 117 Å². The van der Waals surface area contributed by atoms with Gasteiger partial charge in [0.15, 0.2) is 5.78 Å². The molecule has 0 amide bonds. The van der Waals surface area contributed by atoms with E-state index in [1.54, 1.807) is 60.7 Å². The van der Waals surface area contributed by atoms with Gasteiger partial charge in [0, 0.05) is 12.0 Å². The summed E-state index contributed by atoms with van der Waals surface area (Å²) < 4.78 is 32.4. The fourth-order valence-corrected chi connectivity index (χ4v) is 2.84. The molecule has 0 heterocycles. The molecule has 1 atom stereocenters. The van der Waals surface area contributed by atoms with Gasteiger partial charge in [0.2, 0.25) is 0 Å². The van der Waals surface area contributed by atoms with Crippen molar-refractivity contribution in [1.29, 1.82) is 0 Å². The lowest BCUT2D eigenvalue weighted by Crippen LogP contribution is -2.16. The van der Waals surface area contributed by atoms with Gasteiger partial charge in [-0.15, -0.1) is 0 Å². The van der Waals surface area contributed by atoms with Crippen LogP contribution in [-0.2, 0) is 10.1 Å². The predicted octanol–water partition coefficient (Wildman–Crippen LogP) is 2.89. The van der Waals surface area contributed by atoms with E-state index in [0.717, 1.165) is 0 Å². The van der Waals surface area contributed by atoms with Crippen LogP contribution in [0.3, 0.4) is 0 Å². The van der Waals surface area contributed by atoms with Crippen molar-refractivity contribution < 1.29 is 17.8 Å². The standard InChI is InChI=1S/C15H14O4S/c16-14(12-7-3-1-4-8-12)11-15(20(17,18)19)13-9-5-2-6-10-13/h1-10,15H,11H2,(H,17,18,19)/t15-/m0/s1. The summed E-state index contributed by atoms with van der Waals surface area (Å²) in [6.45, 7) is 0. The second-order valence-corrected chi connectivity index (χ2v) is 6.01.